The summed E-state index contributed by atoms with van der Waals surface area (Å²) >= 11 is 0. The Morgan fingerprint density at radius 3 is 2.44 bits per heavy atom. The maximum atomic E-state index is 13.7. The number of hydrogen-bond acceptors (Lipinski definition) is 7. The minimum absolute atomic E-state index is 0.0697. The van der Waals surface area contributed by atoms with Crippen molar-refractivity contribution in [3.63, 3.8) is 0 Å². The maximum absolute atomic E-state index is 13.7. The van der Waals surface area contributed by atoms with Crippen molar-refractivity contribution >= 4 is 11.2 Å². The fraction of sp³-hybridized carbons (Fsp3) is 0.462. The van der Waals surface area contributed by atoms with E-state index in [0.717, 1.165) is 23.6 Å². The molecule has 4 rings (SSSR count). The lowest BCUT2D eigenvalue weighted by Crippen LogP contribution is -2.41. The van der Waals surface area contributed by atoms with Crippen LogP contribution in [0.15, 0.2) is 56.8 Å². The van der Waals surface area contributed by atoms with Gasteiger partial charge in [0.05, 0.1) is 12.3 Å². The molecule has 0 saturated carbocycles. The monoisotopic (exact) mass is 494 g/mol. The molecule has 3 heterocycles. The SMILES string of the molecule is CCCn1c(=O)c2c(nc(Cc3ccccc3)n2CCN(CC)CCO)n(CCc2ccon2)c1=O. The number of benzene rings is 1. The Bertz CT molecular complexity index is 1370. The first-order valence-electron chi connectivity index (χ1n) is 12.6. The summed E-state index contributed by atoms with van der Waals surface area (Å²) in [7, 11) is 0. The molecule has 0 aliphatic heterocycles. The Hall–Kier alpha value is -3.50. The maximum Gasteiger partial charge on any atom is 0.332 e. The van der Waals surface area contributed by atoms with Gasteiger partial charge in [0.15, 0.2) is 11.2 Å². The second-order valence-electron chi connectivity index (χ2n) is 8.80. The van der Waals surface area contributed by atoms with E-state index in [-0.39, 0.29) is 17.9 Å². The molecule has 0 unspecified atom stereocenters. The predicted octanol–water partition coefficient (Wildman–Crippen LogP) is 1.91. The van der Waals surface area contributed by atoms with Gasteiger partial charge >= 0.3 is 5.69 Å². The molecular formula is C26H34N6O4. The Morgan fingerprint density at radius 2 is 1.78 bits per heavy atom. The number of hydrogen-bond donors (Lipinski definition) is 1. The van der Waals surface area contributed by atoms with Crippen molar-refractivity contribution in [2.75, 3.05) is 26.2 Å². The quantitative estimate of drug-likeness (QED) is 0.302. The summed E-state index contributed by atoms with van der Waals surface area (Å²) in [6.45, 7) is 7.24. The van der Waals surface area contributed by atoms with Crippen molar-refractivity contribution in [1.82, 2.24) is 28.7 Å². The van der Waals surface area contributed by atoms with Gasteiger partial charge in [0, 0.05) is 51.6 Å². The van der Waals surface area contributed by atoms with Gasteiger partial charge < -0.3 is 14.2 Å². The van der Waals surface area contributed by atoms with Gasteiger partial charge in [-0.25, -0.2) is 9.78 Å². The van der Waals surface area contributed by atoms with E-state index in [4.69, 9.17) is 9.51 Å². The summed E-state index contributed by atoms with van der Waals surface area (Å²) in [6, 6.07) is 11.7. The highest BCUT2D eigenvalue weighted by molar-refractivity contribution is 5.71. The molecule has 0 amide bonds. The van der Waals surface area contributed by atoms with Gasteiger partial charge in [-0.2, -0.15) is 0 Å². The van der Waals surface area contributed by atoms with Gasteiger partial charge in [-0.15, -0.1) is 0 Å². The van der Waals surface area contributed by atoms with Crippen molar-refractivity contribution in [2.45, 2.75) is 52.7 Å². The second kappa shape index (κ2) is 12.0. The third-order valence-corrected chi connectivity index (χ3v) is 6.43. The first kappa shape index (κ1) is 25.6. The zero-order chi connectivity index (χ0) is 25.5. The molecule has 10 heteroatoms. The van der Waals surface area contributed by atoms with E-state index in [1.54, 1.807) is 10.6 Å². The van der Waals surface area contributed by atoms with Crippen LogP contribution in [0.3, 0.4) is 0 Å². The first-order chi connectivity index (χ1) is 17.6. The number of aryl methyl sites for hydroxylation is 2. The van der Waals surface area contributed by atoms with Crippen LogP contribution in [0.1, 0.15) is 37.4 Å². The van der Waals surface area contributed by atoms with E-state index < -0.39 is 0 Å². The Morgan fingerprint density at radius 1 is 0.972 bits per heavy atom. The summed E-state index contributed by atoms with van der Waals surface area (Å²) in [5.41, 5.74) is 1.97. The van der Waals surface area contributed by atoms with Gasteiger partial charge in [-0.05, 0) is 18.5 Å². The highest BCUT2D eigenvalue weighted by Gasteiger charge is 2.22. The van der Waals surface area contributed by atoms with Crippen LogP contribution in [-0.2, 0) is 32.5 Å². The highest BCUT2D eigenvalue weighted by Crippen LogP contribution is 2.17. The lowest BCUT2D eigenvalue weighted by Gasteiger charge is -2.20. The average Bonchev–Trinajstić information content (AvgIpc) is 3.53. The van der Waals surface area contributed by atoms with Crippen LogP contribution in [0.2, 0.25) is 0 Å². The predicted molar refractivity (Wildman–Crippen MR) is 137 cm³/mol. The molecule has 0 aliphatic rings. The molecule has 36 heavy (non-hydrogen) atoms. The number of aromatic nitrogens is 5. The second-order valence-corrected chi connectivity index (χ2v) is 8.80. The zero-order valence-electron chi connectivity index (χ0n) is 21.0. The Balaban J connectivity index is 1.86. The van der Waals surface area contributed by atoms with E-state index in [9.17, 15) is 14.7 Å². The van der Waals surface area contributed by atoms with Gasteiger partial charge in [0.2, 0.25) is 0 Å². The molecule has 192 valence electrons. The van der Waals surface area contributed by atoms with Gasteiger partial charge in [-0.3, -0.25) is 18.8 Å². The summed E-state index contributed by atoms with van der Waals surface area (Å²) < 4.78 is 9.82. The van der Waals surface area contributed by atoms with Gasteiger partial charge in [-0.1, -0.05) is 49.3 Å². The zero-order valence-corrected chi connectivity index (χ0v) is 21.0. The van der Waals surface area contributed by atoms with E-state index in [1.807, 2.05) is 48.7 Å². The Labute approximate surface area is 209 Å². The molecule has 10 nitrogen and oxygen atoms in total. The van der Waals surface area contributed by atoms with Crippen LogP contribution >= 0.6 is 0 Å². The third kappa shape index (κ3) is 5.50. The van der Waals surface area contributed by atoms with Crippen LogP contribution in [0.5, 0.6) is 0 Å². The molecular weight excluding hydrogens is 460 g/mol. The summed E-state index contributed by atoms with van der Waals surface area (Å²) in [4.78, 5) is 34.1. The number of aliphatic hydroxyl groups is 1. The van der Waals surface area contributed by atoms with Crippen molar-refractivity contribution in [1.29, 1.82) is 0 Å². The molecule has 3 aromatic heterocycles. The fourth-order valence-electron chi connectivity index (χ4n) is 4.52. The topological polar surface area (TPSA) is 111 Å². The van der Waals surface area contributed by atoms with E-state index >= 15 is 0 Å². The standard InChI is InChI=1S/C26H34N6O4/c1-3-12-32-25(34)23-24(31(26(32)35)13-10-21-11-18-36-28-21)27-22(19-20-8-6-5-7-9-20)30(23)15-14-29(4-2)16-17-33/h5-9,11,18,33H,3-4,10,12-17,19H2,1-2H3. The van der Waals surface area contributed by atoms with Gasteiger partial charge in [0.1, 0.15) is 12.1 Å². The van der Waals surface area contributed by atoms with Crippen LogP contribution in [-0.4, -0.2) is 60.1 Å². The minimum Gasteiger partial charge on any atom is -0.395 e. The van der Waals surface area contributed by atoms with Crippen molar-refractivity contribution in [3.8, 4) is 0 Å². The smallest absolute Gasteiger partial charge is 0.332 e. The summed E-state index contributed by atoms with van der Waals surface area (Å²) in [5.74, 6) is 0.734. The number of nitrogens with zero attached hydrogens (tertiary/aromatic N) is 6. The van der Waals surface area contributed by atoms with Crippen LogP contribution in [0.25, 0.3) is 11.2 Å². The molecule has 0 atom stereocenters. The van der Waals surface area contributed by atoms with Crippen molar-refractivity contribution in [3.05, 3.63) is 80.6 Å². The summed E-state index contributed by atoms with van der Waals surface area (Å²) in [6.07, 6.45) is 3.18. The molecule has 1 aromatic carbocycles. The molecule has 0 saturated heterocycles. The molecule has 0 radical (unpaired) electrons. The molecule has 0 aliphatic carbocycles. The number of likely N-dealkylation sites (N-methyl/N-ethyl adjacent to an activating group) is 1. The normalized spacial score (nSPS) is 11.7. The van der Waals surface area contributed by atoms with Crippen molar-refractivity contribution < 1.29 is 9.63 Å². The fourth-order valence-corrected chi connectivity index (χ4v) is 4.52. The van der Waals surface area contributed by atoms with Gasteiger partial charge in [0.25, 0.3) is 5.56 Å². The number of fused-ring (bicyclic) bond motifs is 1. The number of rotatable bonds is 13. The van der Waals surface area contributed by atoms with E-state index in [0.29, 0.717) is 63.2 Å². The number of imidazole rings is 1. The lowest BCUT2D eigenvalue weighted by atomic mass is 10.1. The van der Waals surface area contributed by atoms with E-state index in [1.165, 1.54) is 10.8 Å². The number of aliphatic hydroxyl groups excluding tert-OH is 1. The largest absolute Gasteiger partial charge is 0.395 e. The third-order valence-electron chi connectivity index (χ3n) is 6.43. The molecule has 1 N–H and O–H groups in total. The van der Waals surface area contributed by atoms with Crippen molar-refractivity contribution in [2.24, 2.45) is 0 Å². The average molecular weight is 495 g/mol. The molecule has 0 fully saturated rings. The minimum atomic E-state index is -0.357. The first-order valence-corrected chi connectivity index (χ1v) is 12.6. The molecule has 4 aromatic rings. The van der Waals surface area contributed by atoms with E-state index in [2.05, 4.69) is 10.1 Å². The van der Waals surface area contributed by atoms with Crippen LogP contribution in [0, 0.1) is 0 Å². The van der Waals surface area contributed by atoms with Crippen LogP contribution < -0.4 is 11.2 Å². The summed E-state index contributed by atoms with van der Waals surface area (Å²) in [5, 5.41) is 13.4. The Kier molecular flexibility index (Phi) is 8.50. The highest BCUT2D eigenvalue weighted by atomic mass is 16.5. The lowest BCUT2D eigenvalue weighted by molar-refractivity contribution is 0.197. The molecule has 0 bridgehead atoms. The molecule has 0 spiro atoms. The van der Waals surface area contributed by atoms with Crippen LogP contribution in [0.4, 0.5) is 0 Å².